The van der Waals surface area contributed by atoms with Crippen LogP contribution >= 0.6 is 0 Å². The second-order valence-corrected chi connectivity index (χ2v) is 5.45. The van der Waals surface area contributed by atoms with Gasteiger partial charge in [-0.1, -0.05) is 6.07 Å². The number of aryl methyl sites for hydroxylation is 1. The number of amides is 2. The number of carbonyl (C=O) groups is 1. The highest BCUT2D eigenvalue weighted by molar-refractivity contribution is 5.89. The molecule has 2 rings (SSSR count). The highest BCUT2D eigenvalue weighted by Crippen LogP contribution is 2.29. The lowest BCUT2D eigenvalue weighted by Gasteiger charge is -2.13. The summed E-state index contributed by atoms with van der Waals surface area (Å²) in [7, 11) is 4.69. The van der Waals surface area contributed by atoms with Crippen LogP contribution in [0.15, 0.2) is 36.4 Å². The molecule has 0 bridgehead atoms. The van der Waals surface area contributed by atoms with Gasteiger partial charge >= 0.3 is 6.03 Å². The fourth-order valence-corrected chi connectivity index (χ4v) is 2.31. The second kappa shape index (κ2) is 9.41. The topological polar surface area (TPSA) is 78.1 Å². The monoisotopic (exact) mass is 360 g/mol. The van der Waals surface area contributed by atoms with E-state index in [-0.39, 0.29) is 6.03 Å². The molecule has 0 aliphatic carbocycles. The maximum Gasteiger partial charge on any atom is 0.319 e. The van der Waals surface area contributed by atoms with E-state index in [9.17, 15) is 4.79 Å². The van der Waals surface area contributed by atoms with Crippen molar-refractivity contribution in [3.8, 4) is 23.0 Å². The summed E-state index contributed by atoms with van der Waals surface area (Å²) in [5.41, 5.74) is 1.68. The van der Waals surface area contributed by atoms with Crippen LogP contribution in [-0.2, 0) is 0 Å². The lowest BCUT2D eigenvalue weighted by Crippen LogP contribution is -2.32. The van der Waals surface area contributed by atoms with Crippen molar-refractivity contribution >= 4 is 11.7 Å². The molecule has 0 aliphatic rings. The van der Waals surface area contributed by atoms with E-state index in [0.717, 1.165) is 5.56 Å². The highest BCUT2D eigenvalue weighted by atomic mass is 16.5. The van der Waals surface area contributed by atoms with E-state index in [1.807, 2.05) is 25.1 Å². The summed E-state index contributed by atoms with van der Waals surface area (Å²) in [5.74, 6) is 2.44. The zero-order valence-electron chi connectivity index (χ0n) is 15.4. The molecule has 26 heavy (non-hydrogen) atoms. The van der Waals surface area contributed by atoms with Crippen molar-refractivity contribution < 1.29 is 23.7 Å². The molecule has 0 aliphatic heterocycles. The summed E-state index contributed by atoms with van der Waals surface area (Å²) in [6, 6.07) is 10.5. The molecule has 2 aromatic rings. The van der Waals surface area contributed by atoms with Crippen LogP contribution in [0.3, 0.4) is 0 Å². The van der Waals surface area contributed by atoms with E-state index >= 15 is 0 Å². The van der Waals surface area contributed by atoms with Gasteiger partial charge in [0.2, 0.25) is 0 Å². The molecule has 0 fully saturated rings. The second-order valence-electron chi connectivity index (χ2n) is 5.45. The number of benzene rings is 2. The van der Waals surface area contributed by atoms with Gasteiger partial charge in [-0.2, -0.15) is 0 Å². The fraction of sp³-hybridized carbons (Fsp3) is 0.316. The van der Waals surface area contributed by atoms with E-state index < -0.39 is 0 Å². The predicted molar refractivity (Wildman–Crippen MR) is 99.8 cm³/mol. The van der Waals surface area contributed by atoms with Crippen LogP contribution in [0.2, 0.25) is 0 Å². The predicted octanol–water partition coefficient (Wildman–Crippen LogP) is 3.22. The number of urea groups is 1. The Morgan fingerprint density at radius 2 is 1.54 bits per heavy atom. The summed E-state index contributed by atoms with van der Waals surface area (Å²) in [6.07, 6.45) is 0. The van der Waals surface area contributed by atoms with Crippen LogP contribution in [0.5, 0.6) is 23.0 Å². The molecular formula is C19H24N2O5. The Morgan fingerprint density at radius 1 is 0.885 bits per heavy atom. The lowest BCUT2D eigenvalue weighted by molar-refractivity contribution is 0.246. The largest absolute Gasteiger partial charge is 0.493 e. The van der Waals surface area contributed by atoms with E-state index in [1.165, 1.54) is 0 Å². The maximum atomic E-state index is 12.0. The van der Waals surface area contributed by atoms with Crippen molar-refractivity contribution in [1.29, 1.82) is 0 Å². The minimum absolute atomic E-state index is 0.318. The quantitative estimate of drug-likeness (QED) is 0.707. The fourth-order valence-electron chi connectivity index (χ4n) is 2.31. The van der Waals surface area contributed by atoms with Crippen molar-refractivity contribution in [1.82, 2.24) is 5.32 Å². The van der Waals surface area contributed by atoms with Crippen molar-refractivity contribution in [3.63, 3.8) is 0 Å². The SMILES string of the molecule is COc1ccc(NC(=O)NCCOc2ccc(C)cc2OC)cc1OC. The number of hydrogen-bond donors (Lipinski definition) is 2. The molecule has 0 heterocycles. The number of nitrogens with one attached hydrogen (secondary N) is 2. The van der Waals surface area contributed by atoms with Crippen LogP contribution in [0.25, 0.3) is 0 Å². The molecule has 140 valence electrons. The van der Waals surface area contributed by atoms with E-state index in [2.05, 4.69) is 10.6 Å². The highest BCUT2D eigenvalue weighted by Gasteiger charge is 2.08. The van der Waals surface area contributed by atoms with Crippen LogP contribution in [0, 0.1) is 6.92 Å². The van der Waals surface area contributed by atoms with Gasteiger partial charge in [0.15, 0.2) is 23.0 Å². The molecule has 0 atom stereocenters. The van der Waals surface area contributed by atoms with E-state index in [4.69, 9.17) is 18.9 Å². The third-order valence-electron chi connectivity index (χ3n) is 3.61. The van der Waals surface area contributed by atoms with Crippen LogP contribution < -0.4 is 29.6 Å². The summed E-state index contributed by atoms with van der Waals surface area (Å²) in [4.78, 5) is 12.0. The van der Waals surface area contributed by atoms with Gasteiger partial charge in [0, 0.05) is 11.8 Å². The Bertz CT molecular complexity index is 749. The molecule has 0 unspecified atom stereocenters. The normalized spacial score (nSPS) is 10.0. The lowest BCUT2D eigenvalue weighted by atomic mass is 10.2. The molecule has 7 nitrogen and oxygen atoms in total. The smallest absolute Gasteiger partial charge is 0.319 e. The van der Waals surface area contributed by atoms with Crippen LogP contribution in [-0.4, -0.2) is 40.5 Å². The van der Waals surface area contributed by atoms with E-state index in [1.54, 1.807) is 39.5 Å². The average molecular weight is 360 g/mol. The van der Waals surface area contributed by atoms with Gasteiger partial charge in [0.05, 0.1) is 27.9 Å². The third kappa shape index (κ3) is 5.20. The Labute approximate surface area is 153 Å². The molecule has 0 saturated heterocycles. The summed E-state index contributed by atoms with van der Waals surface area (Å²) in [6.45, 7) is 2.64. The first-order valence-corrected chi connectivity index (χ1v) is 8.11. The van der Waals surface area contributed by atoms with Gasteiger partial charge in [-0.3, -0.25) is 0 Å². The number of hydrogen-bond acceptors (Lipinski definition) is 5. The summed E-state index contributed by atoms with van der Waals surface area (Å²) in [5, 5.41) is 5.46. The number of ether oxygens (including phenoxy) is 4. The van der Waals surface area contributed by atoms with Crippen LogP contribution in [0.1, 0.15) is 5.56 Å². The first kappa shape index (κ1) is 19.2. The molecule has 2 aromatic carbocycles. The van der Waals surface area contributed by atoms with Gasteiger partial charge in [0.25, 0.3) is 0 Å². The molecular weight excluding hydrogens is 336 g/mol. The molecule has 0 saturated carbocycles. The zero-order chi connectivity index (χ0) is 18.9. The van der Waals surface area contributed by atoms with Crippen molar-refractivity contribution in [2.45, 2.75) is 6.92 Å². The third-order valence-corrected chi connectivity index (χ3v) is 3.61. The number of methoxy groups -OCH3 is 3. The Balaban J connectivity index is 1.81. The van der Waals surface area contributed by atoms with Crippen molar-refractivity contribution in [2.24, 2.45) is 0 Å². The summed E-state index contributed by atoms with van der Waals surface area (Å²) >= 11 is 0. The minimum Gasteiger partial charge on any atom is -0.493 e. The number of rotatable bonds is 8. The van der Waals surface area contributed by atoms with Gasteiger partial charge in [0.1, 0.15) is 6.61 Å². The summed E-state index contributed by atoms with van der Waals surface area (Å²) < 4.78 is 21.3. The van der Waals surface area contributed by atoms with Gasteiger partial charge in [-0.05, 0) is 36.8 Å². The maximum absolute atomic E-state index is 12.0. The standard InChI is InChI=1S/C19H24N2O5/c1-13-5-7-16(17(11-13)24-3)26-10-9-20-19(22)21-14-6-8-15(23-2)18(12-14)25-4/h5-8,11-12H,9-10H2,1-4H3,(H2,20,21,22). The number of anilines is 1. The van der Waals surface area contributed by atoms with Crippen LogP contribution in [0.4, 0.5) is 10.5 Å². The molecule has 2 amide bonds. The first-order chi connectivity index (χ1) is 12.6. The molecule has 0 spiro atoms. The van der Waals surface area contributed by atoms with Crippen molar-refractivity contribution in [3.05, 3.63) is 42.0 Å². The Kier molecular flexibility index (Phi) is 6.96. The van der Waals surface area contributed by atoms with Crippen molar-refractivity contribution in [2.75, 3.05) is 39.8 Å². The van der Waals surface area contributed by atoms with Gasteiger partial charge in [-0.25, -0.2) is 4.79 Å². The molecule has 2 N–H and O–H groups in total. The minimum atomic E-state index is -0.336. The Hall–Kier alpha value is -3.09. The van der Waals surface area contributed by atoms with Gasteiger partial charge in [-0.15, -0.1) is 0 Å². The van der Waals surface area contributed by atoms with Gasteiger partial charge < -0.3 is 29.6 Å². The Morgan fingerprint density at radius 3 is 2.23 bits per heavy atom. The molecule has 7 heteroatoms. The first-order valence-electron chi connectivity index (χ1n) is 8.11. The molecule has 0 aromatic heterocycles. The zero-order valence-corrected chi connectivity index (χ0v) is 15.4. The molecule has 0 radical (unpaired) electrons. The van der Waals surface area contributed by atoms with E-state index in [0.29, 0.717) is 41.8 Å². The average Bonchev–Trinajstić information content (AvgIpc) is 2.65. The number of carbonyl (C=O) groups excluding carboxylic acids is 1.